The van der Waals surface area contributed by atoms with E-state index < -0.39 is 0 Å². The molecular weight excluding hydrogens is 276 g/mol. The molecule has 5 heteroatoms. The molecule has 1 aliphatic rings. The third kappa shape index (κ3) is 2.01. The smallest absolute Gasteiger partial charge is 0.254 e. The number of aromatic nitrogens is 3. The van der Waals surface area contributed by atoms with Crippen LogP contribution in [0.3, 0.4) is 0 Å². The molecule has 1 saturated heterocycles. The van der Waals surface area contributed by atoms with Gasteiger partial charge in [0.2, 0.25) is 0 Å². The number of hydrogen-bond acceptors (Lipinski definition) is 2. The van der Waals surface area contributed by atoms with Crippen molar-refractivity contribution in [2.45, 2.75) is 18.9 Å². The summed E-state index contributed by atoms with van der Waals surface area (Å²) in [6.07, 6.45) is 7.61. The van der Waals surface area contributed by atoms with Crippen molar-refractivity contribution < 1.29 is 4.79 Å². The Morgan fingerprint density at radius 2 is 2.27 bits per heavy atom. The zero-order valence-corrected chi connectivity index (χ0v) is 12.5. The van der Waals surface area contributed by atoms with Gasteiger partial charge in [0.05, 0.1) is 6.04 Å². The fraction of sp³-hybridized carbons (Fsp3) is 0.294. The molecule has 0 aliphatic carbocycles. The second-order valence-corrected chi connectivity index (χ2v) is 5.83. The van der Waals surface area contributed by atoms with E-state index in [2.05, 4.69) is 9.97 Å². The highest BCUT2D eigenvalue weighted by atomic mass is 16.2. The van der Waals surface area contributed by atoms with Crippen molar-refractivity contribution in [1.82, 2.24) is 19.4 Å². The van der Waals surface area contributed by atoms with Gasteiger partial charge >= 0.3 is 0 Å². The highest BCUT2D eigenvalue weighted by Gasteiger charge is 2.32. The summed E-state index contributed by atoms with van der Waals surface area (Å²) in [5.74, 6) is 1.05. The van der Waals surface area contributed by atoms with E-state index in [1.165, 1.54) is 0 Å². The van der Waals surface area contributed by atoms with Crippen molar-refractivity contribution in [1.29, 1.82) is 0 Å². The van der Waals surface area contributed by atoms with E-state index in [4.69, 9.17) is 0 Å². The standard InChI is InChI=1S/C17H18N4O/c1-20-10-8-19-16(20)15-3-2-9-21(15)17(22)13-5-4-12-6-7-18-14(12)11-13/h4-8,10-11,15,18H,2-3,9H2,1H3. The number of aryl methyl sites for hydroxylation is 1. The lowest BCUT2D eigenvalue weighted by atomic mass is 10.1. The zero-order chi connectivity index (χ0) is 15.1. The average molecular weight is 294 g/mol. The minimum absolute atomic E-state index is 0.0758. The summed E-state index contributed by atoms with van der Waals surface area (Å²) >= 11 is 0. The van der Waals surface area contributed by atoms with Crippen LogP contribution < -0.4 is 0 Å². The molecule has 4 rings (SSSR count). The number of fused-ring (bicyclic) bond motifs is 1. The molecule has 1 aromatic carbocycles. The maximum absolute atomic E-state index is 12.9. The fourth-order valence-corrected chi connectivity index (χ4v) is 3.32. The van der Waals surface area contributed by atoms with Crippen LogP contribution in [0.5, 0.6) is 0 Å². The molecule has 1 aliphatic heterocycles. The van der Waals surface area contributed by atoms with Crippen molar-refractivity contribution >= 4 is 16.8 Å². The van der Waals surface area contributed by atoms with Gasteiger partial charge in [-0.1, -0.05) is 6.07 Å². The number of imidazole rings is 1. The van der Waals surface area contributed by atoms with Gasteiger partial charge in [-0.05, 0) is 36.4 Å². The van der Waals surface area contributed by atoms with Crippen LogP contribution in [-0.4, -0.2) is 31.9 Å². The largest absolute Gasteiger partial charge is 0.361 e. The van der Waals surface area contributed by atoms with E-state index in [9.17, 15) is 4.79 Å². The second-order valence-electron chi connectivity index (χ2n) is 5.83. The molecule has 1 fully saturated rings. The number of nitrogens with one attached hydrogen (secondary N) is 1. The van der Waals surface area contributed by atoms with Gasteiger partial charge in [-0.15, -0.1) is 0 Å². The Balaban J connectivity index is 1.67. The first-order chi connectivity index (χ1) is 10.7. The number of carbonyl (C=O) groups excluding carboxylic acids is 1. The molecule has 1 atom stereocenters. The van der Waals surface area contributed by atoms with Crippen LogP contribution in [0.2, 0.25) is 0 Å². The molecular formula is C17H18N4O. The molecule has 3 heterocycles. The maximum Gasteiger partial charge on any atom is 0.254 e. The van der Waals surface area contributed by atoms with Gasteiger partial charge in [0.1, 0.15) is 5.82 Å². The van der Waals surface area contributed by atoms with Gasteiger partial charge in [0.15, 0.2) is 0 Å². The number of likely N-dealkylation sites (tertiary alicyclic amines) is 1. The van der Waals surface area contributed by atoms with Crippen LogP contribution in [-0.2, 0) is 7.05 Å². The molecule has 0 saturated carbocycles. The number of nitrogens with zero attached hydrogens (tertiary/aromatic N) is 3. The van der Waals surface area contributed by atoms with Crippen molar-refractivity contribution in [3.63, 3.8) is 0 Å². The topological polar surface area (TPSA) is 53.9 Å². The average Bonchev–Trinajstić information content (AvgIpc) is 3.25. The number of benzene rings is 1. The molecule has 112 valence electrons. The van der Waals surface area contributed by atoms with Gasteiger partial charge in [0.25, 0.3) is 5.91 Å². The molecule has 1 amide bonds. The van der Waals surface area contributed by atoms with Crippen LogP contribution in [0.1, 0.15) is 35.1 Å². The van der Waals surface area contributed by atoms with E-state index in [1.807, 2.05) is 53.2 Å². The number of rotatable bonds is 2. The number of aromatic amines is 1. The molecule has 1 N–H and O–H groups in total. The van der Waals surface area contributed by atoms with E-state index >= 15 is 0 Å². The van der Waals surface area contributed by atoms with Gasteiger partial charge in [0, 0.05) is 43.3 Å². The van der Waals surface area contributed by atoms with E-state index in [0.717, 1.165) is 41.7 Å². The van der Waals surface area contributed by atoms with E-state index in [1.54, 1.807) is 6.20 Å². The van der Waals surface area contributed by atoms with Crippen LogP contribution >= 0.6 is 0 Å². The molecule has 2 aromatic heterocycles. The van der Waals surface area contributed by atoms with Crippen molar-refractivity contribution in [3.05, 3.63) is 54.2 Å². The van der Waals surface area contributed by atoms with Gasteiger partial charge in [-0.25, -0.2) is 4.98 Å². The highest BCUT2D eigenvalue weighted by Crippen LogP contribution is 2.32. The van der Waals surface area contributed by atoms with Crippen LogP contribution in [0.25, 0.3) is 10.9 Å². The first-order valence-corrected chi connectivity index (χ1v) is 7.59. The Bertz CT molecular complexity index is 832. The normalized spacial score (nSPS) is 18.2. The molecule has 3 aromatic rings. The third-order valence-electron chi connectivity index (χ3n) is 4.47. The second kappa shape index (κ2) is 5.02. The Labute approximate surface area is 128 Å². The molecule has 1 unspecified atom stereocenters. The quantitative estimate of drug-likeness (QED) is 0.790. The minimum atomic E-state index is 0.0758. The molecule has 22 heavy (non-hydrogen) atoms. The van der Waals surface area contributed by atoms with Crippen molar-refractivity contribution in [2.24, 2.45) is 7.05 Å². The third-order valence-corrected chi connectivity index (χ3v) is 4.47. The Morgan fingerprint density at radius 3 is 3.09 bits per heavy atom. The van der Waals surface area contributed by atoms with Crippen molar-refractivity contribution in [2.75, 3.05) is 6.54 Å². The monoisotopic (exact) mass is 294 g/mol. The lowest BCUT2D eigenvalue weighted by Gasteiger charge is -2.24. The van der Waals surface area contributed by atoms with Gasteiger partial charge in [-0.3, -0.25) is 4.79 Å². The lowest BCUT2D eigenvalue weighted by molar-refractivity contribution is 0.0728. The summed E-state index contributed by atoms with van der Waals surface area (Å²) < 4.78 is 2.00. The number of H-pyrrole nitrogens is 1. The van der Waals surface area contributed by atoms with E-state index in [0.29, 0.717) is 0 Å². The van der Waals surface area contributed by atoms with Crippen LogP contribution in [0.4, 0.5) is 0 Å². The van der Waals surface area contributed by atoms with E-state index in [-0.39, 0.29) is 11.9 Å². The maximum atomic E-state index is 12.9. The van der Waals surface area contributed by atoms with Crippen LogP contribution in [0.15, 0.2) is 42.9 Å². The Morgan fingerprint density at radius 1 is 1.36 bits per heavy atom. The highest BCUT2D eigenvalue weighted by molar-refractivity contribution is 5.98. The van der Waals surface area contributed by atoms with Gasteiger partial charge < -0.3 is 14.5 Å². The Kier molecular flexibility index (Phi) is 2.99. The molecule has 0 bridgehead atoms. The number of carbonyl (C=O) groups is 1. The summed E-state index contributed by atoms with van der Waals surface area (Å²) in [4.78, 5) is 22.4. The molecule has 0 radical (unpaired) electrons. The number of amides is 1. The summed E-state index contributed by atoms with van der Waals surface area (Å²) in [5, 5.41) is 1.12. The number of hydrogen-bond donors (Lipinski definition) is 1. The molecule has 5 nitrogen and oxygen atoms in total. The summed E-state index contributed by atoms with van der Waals surface area (Å²) in [6, 6.07) is 7.92. The van der Waals surface area contributed by atoms with Crippen molar-refractivity contribution in [3.8, 4) is 0 Å². The first-order valence-electron chi connectivity index (χ1n) is 7.59. The minimum Gasteiger partial charge on any atom is -0.361 e. The fourth-order valence-electron chi connectivity index (χ4n) is 3.32. The predicted octanol–water partition coefficient (Wildman–Crippen LogP) is 2.88. The summed E-state index contributed by atoms with van der Waals surface area (Å²) in [6.45, 7) is 0.791. The zero-order valence-electron chi connectivity index (χ0n) is 12.5. The SMILES string of the molecule is Cn1ccnc1C1CCCN1C(=O)c1ccc2cc[nH]c2c1. The van der Waals surface area contributed by atoms with Crippen LogP contribution in [0, 0.1) is 0 Å². The predicted molar refractivity (Wildman–Crippen MR) is 84.5 cm³/mol. The summed E-state index contributed by atoms with van der Waals surface area (Å²) in [7, 11) is 1.98. The Hall–Kier alpha value is -2.56. The lowest BCUT2D eigenvalue weighted by Crippen LogP contribution is -2.31. The summed E-state index contributed by atoms with van der Waals surface area (Å²) in [5.41, 5.74) is 1.73. The first kappa shape index (κ1) is 13.1. The molecule has 0 spiro atoms. The van der Waals surface area contributed by atoms with Gasteiger partial charge in [-0.2, -0.15) is 0 Å².